The lowest BCUT2D eigenvalue weighted by molar-refractivity contribution is -0.234. The number of hydrogen-bond donors (Lipinski definition) is 0. The third kappa shape index (κ3) is 1.41. The van der Waals surface area contributed by atoms with Crippen LogP contribution >= 0.6 is 0 Å². The summed E-state index contributed by atoms with van der Waals surface area (Å²) < 4.78 is 11.3. The lowest BCUT2D eigenvalue weighted by Gasteiger charge is -2.39. The van der Waals surface area contributed by atoms with Crippen molar-refractivity contribution in [1.29, 1.82) is 0 Å². The quantitative estimate of drug-likeness (QED) is 0.693. The molecule has 1 unspecified atom stereocenters. The Bertz CT molecular complexity index is 507. The topological polar surface area (TPSA) is 48.0 Å². The number of ether oxygens (including phenoxy) is 2. The van der Waals surface area contributed by atoms with Crippen molar-refractivity contribution < 1.29 is 19.1 Å². The summed E-state index contributed by atoms with van der Waals surface area (Å²) >= 11 is 0. The molecule has 6 atom stereocenters. The molecule has 2 saturated carbocycles. The number of hydrogen-bond acceptors (Lipinski definition) is 5. The standard InChI is InChI=1S/C16H25NO4/c1-14(2)9-6-7-15(14,3)12-11(9)17-16(4,20-12)8-10(21-17)13(18)19-5/h9-12H,6-8H2,1-5H3/t9-,10?,11-,12-,15+,16+/m1/s1. The Morgan fingerprint density at radius 1 is 1.29 bits per heavy atom. The first-order valence-corrected chi connectivity index (χ1v) is 7.96. The lowest BCUT2D eigenvalue weighted by Crippen LogP contribution is -2.44. The summed E-state index contributed by atoms with van der Waals surface area (Å²) in [6, 6.07) is 0.262. The summed E-state index contributed by atoms with van der Waals surface area (Å²) in [6.45, 7) is 9.13. The molecule has 0 radical (unpaired) electrons. The van der Waals surface area contributed by atoms with Gasteiger partial charge in [0.25, 0.3) is 0 Å². The number of carbonyl (C=O) groups is 1. The van der Waals surface area contributed by atoms with E-state index < -0.39 is 11.8 Å². The zero-order chi connectivity index (χ0) is 15.2. The Labute approximate surface area is 125 Å². The summed E-state index contributed by atoms with van der Waals surface area (Å²) in [4.78, 5) is 17.8. The van der Waals surface area contributed by atoms with Gasteiger partial charge in [-0.05, 0) is 31.1 Å². The minimum Gasteiger partial charge on any atom is -0.467 e. The number of methoxy groups -OCH3 is 1. The van der Waals surface area contributed by atoms with Crippen LogP contribution in [0.5, 0.6) is 0 Å². The molecule has 21 heavy (non-hydrogen) atoms. The molecule has 2 saturated heterocycles. The van der Waals surface area contributed by atoms with Crippen LogP contribution in [-0.2, 0) is 19.1 Å². The number of hydroxylamine groups is 2. The van der Waals surface area contributed by atoms with Crippen molar-refractivity contribution in [3.05, 3.63) is 0 Å². The maximum Gasteiger partial charge on any atom is 0.337 e. The van der Waals surface area contributed by atoms with Gasteiger partial charge in [0.2, 0.25) is 0 Å². The molecule has 0 aromatic rings. The Morgan fingerprint density at radius 3 is 2.67 bits per heavy atom. The molecule has 2 aliphatic carbocycles. The fourth-order valence-corrected chi connectivity index (χ4v) is 5.48. The Morgan fingerprint density at radius 2 is 2.00 bits per heavy atom. The minimum absolute atomic E-state index is 0.194. The van der Waals surface area contributed by atoms with Crippen molar-refractivity contribution in [2.24, 2.45) is 16.7 Å². The van der Waals surface area contributed by atoms with Crippen LogP contribution in [0.2, 0.25) is 0 Å². The molecule has 0 spiro atoms. The van der Waals surface area contributed by atoms with Gasteiger partial charge in [-0.15, -0.1) is 0 Å². The first-order valence-electron chi connectivity index (χ1n) is 7.96. The predicted octanol–water partition coefficient (Wildman–Crippen LogP) is 2.10. The van der Waals surface area contributed by atoms with E-state index in [1.807, 2.05) is 12.0 Å². The highest BCUT2D eigenvalue weighted by Gasteiger charge is 2.75. The van der Waals surface area contributed by atoms with Crippen LogP contribution in [-0.4, -0.2) is 42.1 Å². The SMILES string of the molecule is COC(=O)C1C[C@]2(C)O[C@@H]3[C@@H]([C@H]4CC[C@]3(C)C4(C)C)N2O1. The van der Waals surface area contributed by atoms with Gasteiger partial charge in [0.1, 0.15) is 5.72 Å². The van der Waals surface area contributed by atoms with Crippen molar-refractivity contribution in [3.8, 4) is 0 Å². The van der Waals surface area contributed by atoms with E-state index in [-0.39, 0.29) is 28.9 Å². The van der Waals surface area contributed by atoms with Crippen molar-refractivity contribution in [3.63, 3.8) is 0 Å². The average molecular weight is 295 g/mol. The molecule has 0 amide bonds. The van der Waals surface area contributed by atoms with E-state index in [4.69, 9.17) is 14.3 Å². The zero-order valence-corrected chi connectivity index (χ0v) is 13.5. The highest BCUT2D eigenvalue weighted by atomic mass is 16.8. The summed E-state index contributed by atoms with van der Waals surface area (Å²) in [5.74, 6) is 0.255. The second kappa shape index (κ2) is 3.81. The normalized spacial score (nSPS) is 53.8. The van der Waals surface area contributed by atoms with Gasteiger partial charge in [0.05, 0.1) is 19.3 Å². The van der Waals surface area contributed by atoms with Crippen LogP contribution < -0.4 is 0 Å². The second-order valence-corrected chi connectivity index (χ2v) is 8.14. The van der Waals surface area contributed by atoms with E-state index >= 15 is 0 Å². The van der Waals surface area contributed by atoms with Gasteiger partial charge in [0.15, 0.2) is 6.10 Å². The van der Waals surface area contributed by atoms with E-state index in [9.17, 15) is 4.79 Å². The van der Waals surface area contributed by atoms with E-state index in [1.54, 1.807) is 0 Å². The summed E-state index contributed by atoms with van der Waals surface area (Å²) in [7, 11) is 1.41. The van der Waals surface area contributed by atoms with Crippen LogP contribution in [0.4, 0.5) is 0 Å². The molecule has 4 aliphatic rings. The van der Waals surface area contributed by atoms with Gasteiger partial charge >= 0.3 is 5.97 Å². The van der Waals surface area contributed by atoms with Gasteiger partial charge in [-0.1, -0.05) is 20.8 Å². The van der Waals surface area contributed by atoms with Crippen LogP contribution in [0.3, 0.4) is 0 Å². The minimum atomic E-state index is -0.531. The summed E-state index contributed by atoms with van der Waals surface area (Å²) in [5, 5.41) is 2.00. The third-order valence-electron chi connectivity index (χ3n) is 7.11. The number of fused-ring (bicyclic) bond motifs is 7. The van der Waals surface area contributed by atoms with Crippen molar-refractivity contribution >= 4 is 5.97 Å². The second-order valence-electron chi connectivity index (χ2n) is 8.14. The molecule has 118 valence electrons. The van der Waals surface area contributed by atoms with Gasteiger partial charge in [-0.2, -0.15) is 5.06 Å². The number of rotatable bonds is 1. The monoisotopic (exact) mass is 295 g/mol. The van der Waals surface area contributed by atoms with E-state index in [1.165, 1.54) is 20.0 Å². The van der Waals surface area contributed by atoms with Gasteiger partial charge < -0.3 is 9.47 Å². The molecule has 2 bridgehead atoms. The average Bonchev–Trinajstić information content (AvgIpc) is 3.01. The molecular weight excluding hydrogens is 270 g/mol. The smallest absolute Gasteiger partial charge is 0.337 e. The fourth-order valence-electron chi connectivity index (χ4n) is 5.48. The molecule has 5 heteroatoms. The van der Waals surface area contributed by atoms with Gasteiger partial charge in [0, 0.05) is 11.8 Å². The van der Waals surface area contributed by atoms with Crippen molar-refractivity contribution in [2.45, 2.75) is 70.9 Å². The molecular formula is C16H25NO4. The Hall–Kier alpha value is -0.650. The Balaban J connectivity index is 1.67. The van der Waals surface area contributed by atoms with Gasteiger partial charge in [-0.25, -0.2) is 4.79 Å². The van der Waals surface area contributed by atoms with Crippen LogP contribution in [0.25, 0.3) is 0 Å². The predicted molar refractivity (Wildman–Crippen MR) is 75.0 cm³/mol. The van der Waals surface area contributed by atoms with Crippen LogP contribution in [0.1, 0.15) is 47.0 Å². The molecule has 0 aromatic heterocycles. The highest BCUT2D eigenvalue weighted by Crippen LogP contribution is 2.70. The lowest BCUT2D eigenvalue weighted by atomic mass is 9.70. The molecule has 5 nitrogen and oxygen atoms in total. The molecule has 0 aromatic carbocycles. The summed E-state index contributed by atoms with van der Waals surface area (Å²) in [6.07, 6.45) is 2.66. The first kappa shape index (κ1) is 14.0. The maximum absolute atomic E-state index is 11.8. The van der Waals surface area contributed by atoms with Gasteiger partial charge in [-0.3, -0.25) is 4.84 Å². The number of esters is 1. The molecule has 4 fully saturated rings. The largest absolute Gasteiger partial charge is 0.467 e. The fraction of sp³-hybridized carbons (Fsp3) is 0.938. The first-order chi connectivity index (χ1) is 9.74. The zero-order valence-electron chi connectivity index (χ0n) is 13.5. The summed E-state index contributed by atoms with van der Waals surface area (Å²) in [5.41, 5.74) is -0.0509. The van der Waals surface area contributed by atoms with Crippen molar-refractivity contribution in [1.82, 2.24) is 5.06 Å². The van der Waals surface area contributed by atoms with E-state index in [0.29, 0.717) is 12.3 Å². The molecule has 4 rings (SSSR count). The van der Waals surface area contributed by atoms with E-state index in [0.717, 1.165) is 0 Å². The molecule has 2 aliphatic heterocycles. The van der Waals surface area contributed by atoms with E-state index in [2.05, 4.69) is 20.8 Å². The molecule has 2 heterocycles. The highest BCUT2D eigenvalue weighted by molar-refractivity contribution is 5.75. The number of nitrogens with zero attached hydrogens (tertiary/aromatic N) is 1. The molecule has 0 N–H and O–H groups in total. The Kier molecular flexibility index (Phi) is 2.54. The van der Waals surface area contributed by atoms with Crippen molar-refractivity contribution in [2.75, 3.05) is 7.11 Å². The maximum atomic E-state index is 11.8. The third-order valence-corrected chi connectivity index (χ3v) is 7.11. The van der Waals surface area contributed by atoms with Crippen LogP contribution in [0, 0.1) is 16.7 Å². The van der Waals surface area contributed by atoms with Crippen LogP contribution in [0.15, 0.2) is 0 Å². The number of carbonyl (C=O) groups excluding carboxylic acids is 1.